The molecule has 0 atom stereocenters. The van der Waals surface area contributed by atoms with Gasteiger partial charge in [0.2, 0.25) is 5.91 Å². The van der Waals surface area contributed by atoms with Crippen LogP contribution in [0.25, 0.3) is 0 Å². The summed E-state index contributed by atoms with van der Waals surface area (Å²) in [6, 6.07) is 17.4. The Morgan fingerprint density at radius 3 is 2.55 bits per heavy atom. The summed E-state index contributed by atoms with van der Waals surface area (Å²) in [7, 11) is 0. The van der Waals surface area contributed by atoms with Crippen LogP contribution in [-0.4, -0.2) is 30.2 Å². The lowest BCUT2D eigenvalue weighted by molar-refractivity contribution is -0.143. The third-order valence-electron chi connectivity index (χ3n) is 4.32. The van der Waals surface area contributed by atoms with Crippen molar-refractivity contribution >= 4 is 34.9 Å². The molecule has 0 aliphatic rings. The largest absolute Gasteiger partial charge is 0.494 e. The maximum absolute atomic E-state index is 12.0. The van der Waals surface area contributed by atoms with E-state index in [1.807, 2.05) is 49.4 Å². The maximum atomic E-state index is 12.0. The second-order valence-corrected chi connectivity index (χ2v) is 7.45. The summed E-state index contributed by atoms with van der Waals surface area (Å²) in [6.07, 6.45) is 3.38. The number of thiocarbonyl (C=S) groups is 1. The lowest BCUT2D eigenvalue weighted by Gasteiger charge is -2.11. The van der Waals surface area contributed by atoms with Crippen LogP contribution in [0.2, 0.25) is 0 Å². The average Bonchev–Trinajstić information content (AvgIpc) is 2.76. The minimum absolute atomic E-state index is 0.195. The molecule has 1 amide bonds. The number of hydrogen-bond acceptors (Lipinski definition) is 5. The number of esters is 1. The van der Waals surface area contributed by atoms with E-state index in [0.29, 0.717) is 19.6 Å². The summed E-state index contributed by atoms with van der Waals surface area (Å²) < 4.78 is 10.8. The van der Waals surface area contributed by atoms with Crippen molar-refractivity contribution in [2.24, 2.45) is 0 Å². The maximum Gasteiger partial charge on any atom is 0.305 e. The van der Waals surface area contributed by atoms with Gasteiger partial charge in [-0.25, -0.2) is 0 Å². The van der Waals surface area contributed by atoms with E-state index in [1.165, 1.54) is 5.56 Å². The number of anilines is 1. The van der Waals surface area contributed by atoms with Crippen molar-refractivity contribution in [3.63, 3.8) is 0 Å². The summed E-state index contributed by atoms with van der Waals surface area (Å²) in [5.41, 5.74) is 1.96. The van der Waals surface area contributed by atoms with Crippen LogP contribution in [-0.2, 0) is 20.7 Å². The minimum Gasteiger partial charge on any atom is -0.494 e. The van der Waals surface area contributed by atoms with Gasteiger partial charge in [0.25, 0.3) is 0 Å². The standard InChI is InChI=1S/C24H30N2O4S/c1-2-16-29-21-13-6-12-20(18-21)25-24(31)26-22(27)14-7-15-23(28)30-17-8-11-19-9-4-3-5-10-19/h3-6,9-10,12-13,18H,2,7-8,11,14-17H2,1H3,(H2,25,26,27,31). The molecule has 0 saturated heterocycles. The van der Waals surface area contributed by atoms with E-state index in [4.69, 9.17) is 21.7 Å². The van der Waals surface area contributed by atoms with Gasteiger partial charge in [-0.3, -0.25) is 9.59 Å². The van der Waals surface area contributed by atoms with E-state index in [0.717, 1.165) is 30.7 Å². The van der Waals surface area contributed by atoms with Crippen molar-refractivity contribution in [2.75, 3.05) is 18.5 Å². The number of rotatable bonds is 12. The Balaban J connectivity index is 1.57. The monoisotopic (exact) mass is 442 g/mol. The van der Waals surface area contributed by atoms with Crippen molar-refractivity contribution in [1.82, 2.24) is 5.32 Å². The zero-order valence-corrected chi connectivity index (χ0v) is 18.7. The predicted molar refractivity (Wildman–Crippen MR) is 126 cm³/mol. The molecule has 0 aromatic heterocycles. The number of ether oxygens (including phenoxy) is 2. The van der Waals surface area contributed by atoms with Gasteiger partial charge >= 0.3 is 5.97 Å². The number of hydrogen-bond donors (Lipinski definition) is 2. The molecule has 0 aliphatic carbocycles. The Morgan fingerprint density at radius 2 is 1.77 bits per heavy atom. The van der Waals surface area contributed by atoms with Crippen LogP contribution in [0.1, 0.15) is 44.6 Å². The second-order valence-electron chi connectivity index (χ2n) is 7.04. The number of carbonyl (C=O) groups excluding carboxylic acids is 2. The van der Waals surface area contributed by atoms with Gasteiger partial charge < -0.3 is 20.1 Å². The molecule has 0 bridgehead atoms. The number of nitrogens with one attached hydrogen (secondary N) is 2. The molecule has 0 radical (unpaired) electrons. The van der Waals surface area contributed by atoms with Crippen molar-refractivity contribution in [3.8, 4) is 5.75 Å². The molecule has 0 saturated carbocycles. The van der Waals surface area contributed by atoms with Crippen LogP contribution in [0, 0.1) is 0 Å². The van der Waals surface area contributed by atoms with Crippen LogP contribution in [0.15, 0.2) is 54.6 Å². The zero-order chi connectivity index (χ0) is 22.3. The van der Waals surface area contributed by atoms with Gasteiger partial charge in [0, 0.05) is 24.6 Å². The van der Waals surface area contributed by atoms with E-state index in [-0.39, 0.29) is 29.8 Å². The average molecular weight is 443 g/mol. The molecule has 2 N–H and O–H groups in total. The topological polar surface area (TPSA) is 76.7 Å². The molecule has 2 aromatic rings. The SMILES string of the molecule is CCCOc1cccc(NC(=S)NC(=O)CCCC(=O)OCCCc2ccccc2)c1. The highest BCUT2D eigenvalue weighted by Crippen LogP contribution is 2.17. The van der Waals surface area contributed by atoms with Crippen LogP contribution in [0.5, 0.6) is 5.75 Å². The fraction of sp³-hybridized carbons (Fsp3) is 0.375. The summed E-state index contributed by atoms with van der Waals surface area (Å²) in [4.78, 5) is 23.8. The van der Waals surface area contributed by atoms with E-state index >= 15 is 0 Å². The second kappa shape index (κ2) is 14.1. The molecule has 0 unspecified atom stereocenters. The van der Waals surface area contributed by atoms with Crippen LogP contribution < -0.4 is 15.4 Å². The highest BCUT2D eigenvalue weighted by molar-refractivity contribution is 7.80. The Hall–Kier alpha value is -2.93. The van der Waals surface area contributed by atoms with Crippen molar-refractivity contribution in [3.05, 3.63) is 60.2 Å². The highest BCUT2D eigenvalue weighted by Gasteiger charge is 2.08. The summed E-state index contributed by atoms with van der Waals surface area (Å²) in [6.45, 7) is 3.06. The first-order valence-corrected chi connectivity index (χ1v) is 11.0. The number of benzene rings is 2. The van der Waals surface area contributed by atoms with E-state index in [9.17, 15) is 9.59 Å². The fourth-order valence-electron chi connectivity index (χ4n) is 2.81. The molecule has 166 valence electrons. The quantitative estimate of drug-likeness (QED) is 0.283. The summed E-state index contributed by atoms with van der Waals surface area (Å²) in [5.74, 6) is 0.210. The molecule has 0 aliphatic heterocycles. The number of amides is 1. The molecule has 31 heavy (non-hydrogen) atoms. The first-order valence-electron chi connectivity index (χ1n) is 10.6. The Morgan fingerprint density at radius 1 is 0.968 bits per heavy atom. The molecular weight excluding hydrogens is 412 g/mol. The Bertz CT molecular complexity index is 842. The third-order valence-corrected chi connectivity index (χ3v) is 4.52. The first-order chi connectivity index (χ1) is 15.1. The van der Waals surface area contributed by atoms with Gasteiger partial charge in [-0.15, -0.1) is 0 Å². The fourth-order valence-corrected chi connectivity index (χ4v) is 3.04. The molecular formula is C24H30N2O4S. The molecule has 0 heterocycles. The van der Waals surface area contributed by atoms with Gasteiger partial charge in [0.05, 0.1) is 13.2 Å². The van der Waals surface area contributed by atoms with Gasteiger partial charge in [-0.05, 0) is 55.6 Å². The summed E-state index contributed by atoms with van der Waals surface area (Å²) in [5, 5.41) is 5.80. The van der Waals surface area contributed by atoms with E-state index < -0.39 is 0 Å². The highest BCUT2D eigenvalue weighted by atomic mass is 32.1. The van der Waals surface area contributed by atoms with Gasteiger partial charge in [0.15, 0.2) is 5.11 Å². The number of carbonyl (C=O) groups is 2. The lowest BCUT2D eigenvalue weighted by Crippen LogP contribution is -2.34. The van der Waals surface area contributed by atoms with Gasteiger partial charge in [0.1, 0.15) is 5.75 Å². The summed E-state index contributed by atoms with van der Waals surface area (Å²) >= 11 is 5.18. The molecule has 7 heteroatoms. The normalized spacial score (nSPS) is 10.2. The van der Waals surface area contributed by atoms with Crippen molar-refractivity contribution in [2.45, 2.75) is 45.4 Å². The van der Waals surface area contributed by atoms with Crippen LogP contribution >= 0.6 is 12.2 Å². The third kappa shape index (κ3) is 10.6. The molecule has 6 nitrogen and oxygen atoms in total. The van der Waals surface area contributed by atoms with E-state index in [2.05, 4.69) is 22.8 Å². The number of aryl methyl sites for hydroxylation is 1. The molecule has 0 fully saturated rings. The van der Waals surface area contributed by atoms with Crippen LogP contribution in [0.3, 0.4) is 0 Å². The Kier molecular flexibility index (Phi) is 11.1. The molecule has 2 aromatic carbocycles. The molecule has 2 rings (SSSR count). The van der Waals surface area contributed by atoms with E-state index in [1.54, 1.807) is 0 Å². The van der Waals surface area contributed by atoms with Crippen molar-refractivity contribution < 1.29 is 19.1 Å². The minimum atomic E-state index is -0.287. The Labute approximate surface area is 189 Å². The van der Waals surface area contributed by atoms with Gasteiger partial charge in [-0.2, -0.15) is 0 Å². The smallest absolute Gasteiger partial charge is 0.305 e. The van der Waals surface area contributed by atoms with Crippen LogP contribution in [0.4, 0.5) is 5.69 Å². The zero-order valence-electron chi connectivity index (χ0n) is 17.9. The lowest BCUT2D eigenvalue weighted by atomic mass is 10.1. The predicted octanol–water partition coefficient (Wildman–Crippen LogP) is 4.63. The molecule has 0 spiro atoms. The first kappa shape index (κ1) is 24.3. The van der Waals surface area contributed by atoms with Gasteiger partial charge in [-0.1, -0.05) is 43.3 Å². The van der Waals surface area contributed by atoms with Crippen molar-refractivity contribution in [1.29, 1.82) is 0 Å².